The number of phenolic OH excluding ortho intramolecular Hbond substituents is 2. The maximum absolute atomic E-state index is 15.5. The molecule has 6 aromatic carbocycles. The van der Waals surface area contributed by atoms with Gasteiger partial charge in [-0.15, -0.1) is 11.8 Å². The van der Waals surface area contributed by atoms with Crippen LogP contribution in [0.2, 0.25) is 0 Å². The highest BCUT2D eigenvalue weighted by molar-refractivity contribution is 8.00. The number of nitrogens with one attached hydrogen (secondary N) is 9. The van der Waals surface area contributed by atoms with Gasteiger partial charge in [0.2, 0.25) is 88.6 Å². The summed E-state index contributed by atoms with van der Waals surface area (Å²) in [5, 5.41) is 54.8. The standard InChI is InChI=1S/C92H120N16O19S/c1-11-12-28-73-90(125)105(7)52-78(113)97-69(48-80(115)116)86(121)103-81(56(4)5)92(127)107(9)74(46-58-24-18-14-19-25-58)87(122)101-70(45-62-35-39-65(110)40-36-62)88(123)104(6)51-77(112)96-67(42-60-29-31-63(49-93)32-30-60)84(119)100-68(43-61-33-37-64(109)38-34-61)85(120)99-66(41-55(2)3)83(118)102-72(82(117)95-50-76(94)111)53-128-54-79(114)98-71(44-57-22-16-13-17-23-57)89(124)108(10)75(91(126)106(73)8)47-59-26-20-15-21-27-59/h13-27,29-40,55-56,66-75,81,109-110H,11-12,28,41-54,93H2,1-10H3,(H2,94,111)(H,95,117)(H,96,112)(H,97,113)(H,98,114)(H,99,120)(H,100,119)(H,101,122)(H,102,118)(H,103,121)(H,115,116)/t66-,67-,68-,69-,70-,71-,72-,73-,74-,75-,81-/m0/s1. The Kier molecular flexibility index (Phi) is 39.9. The van der Waals surface area contributed by atoms with Gasteiger partial charge in [0.15, 0.2) is 0 Å². The molecule has 11 atom stereocenters. The number of carboxylic acids is 1. The zero-order chi connectivity index (χ0) is 94.0. The SMILES string of the molecule is CCCC[C@H]1C(=O)N(C)CC(=O)N[C@@H](CC(=O)O)C(=O)N[C@@H](C(C)C)C(=O)N(C)[C@@H](Cc2ccccc2)C(=O)N[C@@H](Cc2ccc(O)cc2)C(=O)N(C)CC(=O)N[C@@H](Cc2ccc(CN)cc2)C(=O)N[C@@H](Cc2ccc(O)cc2)C(=O)N[C@@H](CC(C)C)C(=O)N[C@H](C(=O)NCC(N)=O)CSCC(=O)N[C@@H](Cc2ccccc2)C(=O)N(C)[C@@H](Cc2ccccc2)C(=O)N1C. The summed E-state index contributed by atoms with van der Waals surface area (Å²) in [6.07, 6.45) is -1.54. The van der Waals surface area contributed by atoms with Crippen molar-refractivity contribution >= 4 is 106 Å². The van der Waals surface area contributed by atoms with Crippen molar-refractivity contribution in [2.75, 3.05) is 66.4 Å². The molecule has 1 fully saturated rings. The molecule has 1 aliphatic rings. The monoisotopic (exact) mass is 1780 g/mol. The summed E-state index contributed by atoms with van der Waals surface area (Å²) >= 11 is 0.826. The zero-order valence-electron chi connectivity index (χ0n) is 73.8. The van der Waals surface area contributed by atoms with Crippen LogP contribution in [0, 0.1) is 11.8 Å². The van der Waals surface area contributed by atoms with Crippen molar-refractivity contribution in [3.63, 3.8) is 0 Å². The number of rotatable bonds is 24. The molecule has 128 heavy (non-hydrogen) atoms. The van der Waals surface area contributed by atoms with Crippen LogP contribution in [-0.2, 0) is 122 Å². The lowest BCUT2D eigenvalue weighted by Crippen LogP contribution is -2.61. The Morgan fingerprint density at radius 2 is 0.836 bits per heavy atom. The number of likely N-dealkylation sites (N-methyl/N-ethyl adjacent to an activating group) is 5. The summed E-state index contributed by atoms with van der Waals surface area (Å²) in [7, 11) is 6.52. The van der Waals surface area contributed by atoms with E-state index in [0.717, 1.165) is 26.5 Å². The van der Waals surface area contributed by atoms with E-state index in [1.165, 1.54) is 93.6 Å². The number of nitrogens with two attached hydrogens (primary N) is 2. The highest BCUT2D eigenvalue weighted by Crippen LogP contribution is 2.23. The molecule has 0 aromatic heterocycles. The van der Waals surface area contributed by atoms with E-state index in [-0.39, 0.29) is 81.1 Å². The fourth-order valence-electron chi connectivity index (χ4n) is 14.5. The van der Waals surface area contributed by atoms with E-state index in [9.17, 15) is 58.5 Å². The second-order valence-electron chi connectivity index (χ2n) is 32.7. The van der Waals surface area contributed by atoms with Crippen molar-refractivity contribution in [1.29, 1.82) is 0 Å². The Hall–Kier alpha value is -13.3. The first-order chi connectivity index (χ1) is 60.8. The van der Waals surface area contributed by atoms with Crippen LogP contribution in [0.3, 0.4) is 0 Å². The van der Waals surface area contributed by atoms with Crippen LogP contribution in [0.5, 0.6) is 11.5 Å². The number of carbonyl (C=O) groups is 16. The van der Waals surface area contributed by atoms with E-state index in [1.54, 1.807) is 143 Å². The van der Waals surface area contributed by atoms with Crippen molar-refractivity contribution in [1.82, 2.24) is 72.4 Å². The molecule has 0 aliphatic carbocycles. The number of unbranched alkanes of at least 4 members (excludes halogenated alkanes) is 1. The Bertz CT molecular complexity index is 4810. The molecule has 688 valence electrons. The van der Waals surface area contributed by atoms with Gasteiger partial charge >= 0.3 is 5.97 Å². The average molecular weight is 1790 g/mol. The van der Waals surface area contributed by atoms with Crippen molar-refractivity contribution in [3.8, 4) is 11.5 Å². The van der Waals surface area contributed by atoms with E-state index in [0.29, 0.717) is 51.8 Å². The van der Waals surface area contributed by atoms with Gasteiger partial charge < -0.3 is 99.1 Å². The largest absolute Gasteiger partial charge is 0.508 e. The Morgan fingerprint density at radius 3 is 1.32 bits per heavy atom. The Labute approximate surface area is 749 Å². The molecule has 0 radical (unpaired) electrons. The van der Waals surface area contributed by atoms with Gasteiger partial charge in [-0.2, -0.15) is 0 Å². The quantitative estimate of drug-likeness (QED) is 0.0406. The molecule has 6 aromatic rings. The summed E-state index contributed by atoms with van der Waals surface area (Å²) < 4.78 is 0. The number of nitrogens with zero attached hydrogens (tertiary/aromatic N) is 5. The summed E-state index contributed by atoms with van der Waals surface area (Å²) in [4.78, 5) is 240. The number of hydrogen-bond donors (Lipinski definition) is 14. The molecule has 36 heteroatoms. The van der Waals surface area contributed by atoms with Crippen molar-refractivity contribution in [2.45, 2.75) is 178 Å². The van der Waals surface area contributed by atoms with Gasteiger partial charge in [0.25, 0.3) is 0 Å². The summed E-state index contributed by atoms with van der Waals surface area (Å²) in [6.45, 7) is 6.30. The van der Waals surface area contributed by atoms with Crippen LogP contribution in [0.15, 0.2) is 164 Å². The second-order valence-corrected chi connectivity index (χ2v) is 33.8. The van der Waals surface area contributed by atoms with E-state index >= 15 is 33.6 Å². The fraction of sp³-hybridized carbons (Fsp3) is 0.435. The maximum Gasteiger partial charge on any atom is 0.305 e. The molecule has 7 rings (SSSR count). The van der Waals surface area contributed by atoms with Crippen LogP contribution in [-0.4, -0.2) is 267 Å². The van der Waals surface area contributed by atoms with Crippen LogP contribution < -0.4 is 59.3 Å². The van der Waals surface area contributed by atoms with E-state index in [2.05, 4.69) is 47.9 Å². The molecule has 0 unspecified atom stereocenters. The Morgan fingerprint density at radius 1 is 0.438 bits per heavy atom. The predicted molar refractivity (Wildman–Crippen MR) is 478 cm³/mol. The third-order valence-electron chi connectivity index (χ3n) is 21.7. The van der Waals surface area contributed by atoms with E-state index in [4.69, 9.17) is 11.5 Å². The van der Waals surface area contributed by atoms with Gasteiger partial charge in [-0.05, 0) is 87.9 Å². The third-order valence-corrected chi connectivity index (χ3v) is 22.7. The minimum absolute atomic E-state index is 0.0292. The van der Waals surface area contributed by atoms with Gasteiger partial charge in [-0.25, -0.2) is 0 Å². The average Bonchev–Trinajstić information content (AvgIpc) is 0.818. The van der Waals surface area contributed by atoms with Crippen LogP contribution in [0.1, 0.15) is 106 Å². The number of hydrogen-bond acceptors (Lipinski definition) is 20. The third kappa shape index (κ3) is 32.0. The minimum atomic E-state index is -1.91. The van der Waals surface area contributed by atoms with E-state index in [1.807, 2.05) is 6.92 Å². The maximum atomic E-state index is 15.5. The minimum Gasteiger partial charge on any atom is -0.508 e. The lowest BCUT2D eigenvalue weighted by molar-refractivity contribution is -0.151. The van der Waals surface area contributed by atoms with Gasteiger partial charge in [-0.1, -0.05) is 187 Å². The molecule has 35 nitrogen and oxygen atoms in total. The molecule has 15 amide bonds. The number of benzene rings is 6. The second kappa shape index (κ2) is 50.2. The summed E-state index contributed by atoms with van der Waals surface area (Å²) in [6, 6.07) is 26.8. The molecule has 0 saturated carbocycles. The molecular weight excluding hydrogens is 1670 g/mol. The first-order valence-electron chi connectivity index (χ1n) is 42.3. The number of thioether (sulfide) groups is 1. The molecule has 0 bridgehead atoms. The number of amides is 15. The fourth-order valence-corrected chi connectivity index (χ4v) is 15.3. The van der Waals surface area contributed by atoms with Gasteiger partial charge in [0, 0.05) is 86.1 Å². The highest BCUT2D eigenvalue weighted by Gasteiger charge is 2.42. The number of aliphatic carboxylic acids is 1. The normalized spacial score (nSPS) is 21.9. The van der Waals surface area contributed by atoms with Crippen molar-refractivity contribution in [3.05, 3.63) is 203 Å². The lowest BCUT2D eigenvalue weighted by Gasteiger charge is -2.37. The number of primary amides is 1. The molecular formula is C92H120N16O19S. The van der Waals surface area contributed by atoms with Crippen LogP contribution in [0.4, 0.5) is 0 Å². The molecule has 1 heterocycles. The first kappa shape index (κ1) is 102. The number of carbonyl (C=O) groups excluding carboxylic acids is 15. The lowest BCUT2D eigenvalue weighted by atomic mass is 9.98. The zero-order valence-corrected chi connectivity index (χ0v) is 74.6. The van der Waals surface area contributed by atoms with Gasteiger partial charge in [-0.3, -0.25) is 76.7 Å². The predicted octanol–water partition coefficient (Wildman–Crippen LogP) is 1.30. The Balaban J connectivity index is 1.33. The topological polar surface area (TPSA) is 510 Å². The van der Waals surface area contributed by atoms with E-state index < -0.39 is 199 Å². The summed E-state index contributed by atoms with van der Waals surface area (Å²) in [5.74, 6) is -17.5. The molecule has 16 N–H and O–H groups in total. The number of carboxylic acid groups (broad SMARTS) is 1. The van der Waals surface area contributed by atoms with Crippen molar-refractivity contribution in [2.24, 2.45) is 23.3 Å². The molecule has 1 saturated heterocycles. The van der Waals surface area contributed by atoms with Gasteiger partial charge in [0.1, 0.15) is 78.0 Å². The molecule has 1 aliphatic heterocycles. The highest BCUT2D eigenvalue weighted by atomic mass is 32.2. The summed E-state index contributed by atoms with van der Waals surface area (Å²) in [5.41, 5.74) is 15.1. The number of phenols is 2. The first-order valence-corrected chi connectivity index (χ1v) is 43.5. The van der Waals surface area contributed by atoms with Crippen molar-refractivity contribution < 1.29 is 92.0 Å². The van der Waals surface area contributed by atoms with Crippen LogP contribution in [0.25, 0.3) is 0 Å². The number of aromatic hydroxyl groups is 2. The van der Waals surface area contributed by atoms with Crippen LogP contribution >= 0.6 is 11.8 Å². The molecule has 0 spiro atoms. The smallest absolute Gasteiger partial charge is 0.305 e. The van der Waals surface area contributed by atoms with Gasteiger partial charge in [0.05, 0.1) is 31.8 Å².